The Hall–Kier alpha value is -5.62. The van der Waals surface area contributed by atoms with Crippen molar-refractivity contribution in [2.75, 3.05) is 24.3 Å². The summed E-state index contributed by atoms with van der Waals surface area (Å²) in [4.78, 5) is 21.1. The van der Waals surface area contributed by atoms with Crippen LogP contribution in [-0.2, 0) is 0 Å². The van der Waals surface area contributed by atoms with Crippen molar-refractivity contribution >= 4 is 33.6 Å². The predicted molar refractivity (Wildman–Crippen MR) is 173 cm³/mol. The Balaban J connectivity index is 1.58. The van der Waals surface area contributed by atoms with Crippen LogP contribution >= 0.6 is 0 Å². The second kappa shape index (κ2) is 10.3. The molecule has 0 atom stereocenters. The van der Waals surface area contributed by atoms with E-state index in [1.165, 1.54) is 0 Å². The fraction of sp³-hybridized carbons (Fsp3) is 0.0811. The van der Waals surface area contributed by atoms with Crippen molar-refractivity contribution in [3.8, 4) is 39.6 Å². The first kappa shape index (κ1) is 26.3. The lowest BCUT2D eigenvalue weighted by molar-refractivity contribution is 0.104. The SMILES string of the molecule is Cc1ccc(Oc2cc(Nc3ccccc3)c3c4c(cnc(-c5ccc(N(C)C)cc5O)c24)-c2ccccc2C3=O)cc1. The molecule has 5 aromatic carbocycles. The van der Waals surface area contributed by atoms with Crippen LogP contribution in [0.2, 0.25) is 0 Å². The summed E-state index contributed by atoms with van der Waals surface area (Å²) in [7, 11) is 3.85. The number of aromatic nitrogens is 1. The lowest BCUT2D eigenvalue weighted by Crippen LogP contribution is -2.14. The highest BCUT2D eigenvalue weighted by atomic mass is 16.5. The Morgan fingerprint density at radius 3 is 2.21 bits per heavy atom. The summed E-state index contributed by atoms with van der Waals surface area (Å²) in [5.41, 5.74) is 7.34. The average Bonchev–Trinajstić information content (AvgIpc) is 3.02. The van der Waals surface area contributed by atoms with Crippen LogP contribution in [0.1, 0.15) is 21.5 Å². The van der Waals surface area contributed by atoms with Crippen LogP contribution in [0, 0.1) is 6.92 Å². The van der Waals surface area contributed by atoms with Crippen molar-refractivity contribution in [3.63, 3.8) is 0 Å². The molecule has 7 rings (SSSR count). The van der Waals surface area contributed by atoms with Gasteiger partial charge in [0, 0.05) is 65.9 Å². The quantitative estimate of drug-likeness (QED) is 0.211. The molecule has 6 aromatic rings. The number of hydrogen-bond acceptors (Lipinski definition) is 6. The predicted octanol–water partition coefficient (Wildman–Crippen LogP) is 8.73. The zero-order chi connectivity index (χ0) is 29.7. The molecule has 1 aromatic heterocycles. The van der Waals surface area contributed by atoms with Crippen LogP contribution < -0.4 is 15.0 Å². The Bertz CT molecular complexity index is 2030. The molecule has 0 aliphatic heterocycles. The lowest BCUT2D eigenvalue weighted by atomic mass is 9.81. The fourth-order valence-electron chi connectivity index (χ4n) is 5.70. The van der Waals surface area contributed by atoms with E-state index in [0.29, 0.717) is 45.0 Å². The molecule has 210 valence electrons. The number of nitrogens with zero attached hydrogens (tertiary/aromatic N) is 2. The summed E-state index contributed by atoms with van der Waals surface area (Å²) < 4.78 is 6.61. The number of anilines is 3. The molecule has 0 bridgehead atoms. The number of phenols is 1. The number of phenolic OH excluding ortho intramolecular Hbond substituents is 1. The minimum atomic E-state index is -0.0854. The molecule has 6 heteroatoms. The zero-order valence-corrected chi connectivity index (χ0v) is 24.1. The summed E-state index contributed by atoms with van der Waals surface area (Å²) in [6.07, 6.45) is 1.80. The van der Waals surface area contributed by atoms with E-state index in [1.807, 2.05) is 123 Å². The molecule has 1 aliphatic rings. The molecule has 1 aliphatic carbocycles. The monoisotopic (exact) mass is 563 g/mol. The summed E-state index contributed by atoms with van der Waals surface area (Å²) in [5.74, 6) is 1.18. The Morgan fingerprint density at radius 1 is 0.767 bits per heavy atom. The Kier molecular flexibility index (Phi) is 6.32. The number of rotatable bonds is 6. The van der Waals surface area contributed by atoms with E-state index in [9.17, 15) is 9.90 Å². The molecule has 0 spiro atoms. The number of fused-ring (bicyclic) bond motifs is 2. The minimum Gasteiger partial charge on any atom is -0.507 e. The van der Waals surface area contributed by atoms with Gasteiger partial charge in [-0.2, -0.15) is 0 Å². The number of ether oxygens (including phenoxy) is 1. The van der Waals surface area contributed by atoms with Crippen molar-refractivity contribution in [1.82, 2.24) is 4.98 Å². The van der Waals surface area contributed by atoms with Gasteiger partial charge in [0.15, 0.2) is 5.78 Å². The van der Waals surface area contributed by atoms with Crippen molar-refractivity contribution in [3.05, 3.63) is 126 Å². The van der Waals surface area contributed by atoms with E-state index >= 15 is 0 Å². The maximum absolute atomic E-state index is 14.3. The molecule has 43 heavy (non-hydrogen) atoms. The molecule has 0 amide bonds. The van der Waals surface area contributed by atoms with Gasteiger partial charge in [0.05, 0.1) is 22.3 Å². The van der Waals surface area contributed by atoms with E-state index in [4.69, 9.17) is 9.72 Å². The van der Waals surface area contributed by atoms with Crippen LogP contribution in [0.25, 0.3) is 33.2 Å². The van der Waals surface area contributed by atoms with E-state index in [2.05, 4.69) is 5.32 Å². The smallest absolute Gasteiger partial charge is 0.196 e. The first-order valence-electron chi connectivity index (χ1n) is 14.1. The maximum atomic E-state index is 14.3. The third-order valence-electron chi connectivity index (χ3n) is 7.86. The van der Waals surface area contributed by atoms with Gasteiger partial charge < -0.3 is 20.1 Å². The van der Waals surface area contributed by atoms with Gasteiger partial charge in [-0.25, -0.2) is 0 Å². The number of para-hydroxylation sites is 1. The van der Waals surface area contributed by atoms with Crippen LogP contribution in [0.15, 0.2) is 109 Å². The summed E-state index contributed by atoms with van der Waals surface area (Å²) in [5, 5.41) is 16.1. The molecule has 6 nitrogen and oxygen atoms in total. The van der Waals surface area contributed by atoms with Gasteiger partial charge in [0.1, 0.15) is 17.2 Å². The minimum absolute atomic E-state index is 0.0854. The van der Waals surface area contributed by atoms with Crippen molar-refractivity contribution in [2.45, 2.75) is 6.92 Å². The lowest BCUT2D eigenvalue weighted by Gasteiger charge is -2.25. The molecule has 0 saturated heterocycles. The number of aromatic hydroxyl groups is 1. The third-order valence-corrected chi connectivity index (χ3v) is 7.86. The standard InChI is InChI=1S/C37H29N3O3/c1-22-13-16-25(17-14-22)43-32-20-30(39-23-9-5-4-6-10-23)34-33-29(26-11-7-8-12-27(26)37(34)42)21-38-36(35(32)33)28-18-15-24(40(2)3)19-31(28)41/h4-21,39,41H,1-3H3. The van der Waals surface area contributed by atoms with Gasteiger partial charge >= 0.3 is 0 Å². The number of carbonyl (C=O) groups is 1. The molecule has 0 radical (unpaired) electrons. The molecular formula is C37H29N3O3. The molecule has 1 heterocycles. The topological polar surface area (TPSA) is 74.7 Å². The second-order valence-corrected chi connectivity index (χ2v) is 10.9. The Morgan fingerprint density at radius 2 is 1.49 bits per heavy atom. The van der Waals surface area contributed by atoms with Gasteiger partial charge in [-0.1, -0.05) is 60.2 Å². The normalized spacial score (nSPS) is 11.7. The number of aryl methyl sites for hydroxylation is 1. The van der Waals surface area contributed by atoms with Gasteiger partial charge in [-0.3, -0.25) is 9.78 Å². The van der Waals surface area contributed by atoms with E-state index in [1.54, 1.807) is 12.3 Å². The summed E-state index contributed by atoms with van der Waals surface area (Å²) in [6.45, 7) is 2.03. The fourth-order valence-corrected chi connectivity index (χ4v) is 5.70. The largest absolute Gasteiger partial charge is 0.507 e. The zero-order valence-electron chi connectivity index (χ0n) is 24.1. The van der Waals surface area contributed by atoms with Crippen LogP contribution in [-0.4, -0.2) is 30.0 Å². The molecule has 0 fully saturated rings. The maximum Gasteiger partial charge on any atom is 0.196 e. The highest BCUT2D eigenvalue weighted by molar-refractivity contribution is 6.30. The van der Waals surface area contributed by atoms with Gasteiger partial charge in [0.2, 0.25) is 0 Å². The highest BCUT2D eigenvalue weighted by Crippen LogP contribution is 2.50. The van der Waals surface area contributed by atoms with Gasteiger partial charge in [-0.15, -0.1) is 0 Å². The molecular weight excluding hydrogens is 534 g/mol. The van der Waals surface area contributed by atoms with E-state index in [-0.39, 0.29) is 11.5 Å². The average molecular weight is 564 g/mol. The van der Waals surface area contributed by atoms with Crippen LogP contribution in [0.4, 0.5) is 17.1 Å². The first-order chi connectivity index (χ1) is 20.9. The van der Waals surface area contributed by atoms with E-state index in [0.717, 1.165) is 33.5 Å². The van der Waals surface area contributed by atoms with Crippen molar-refractivity contribution in [2.24, 2.45) is 0 Å². The summed E-state index contributed by atoms with van der Waals surface area (Å²) >= 11 is 0. The molecule has 0 unspecified atom stereocenters. The number of ketones is 1. The Labute approximate surface area is 249 Å². The number of nitrogens with one attached hydrogen (secondary N) is 1. The van der Waals surface area contributed by atoms with Gasteiger partial charge in [-0.05, 0) is 48.9 Å². The number of carbonyl (C=O) groups excluding carboxylic acids is 1. The molecule has 2 N–H and O–H groups in total. The molecule has 0 saturated carbocycles. The van der Waals surface area contributed by atoms with Crippen molar-refractivity contribution < 1.29 is 14.6 Å². The van der Waals surface area contributed by atoms with Crippen molar-refractivity contribution in [1.29, 1.82) is 0 Å². The highest BCUT2D eigenvalue weighted by Gasteiger charge is 2.32. The number of hydrogen-bond donors (Lipinski definition) is 2. The summed E-state index contributed by atoms with van der Waals surface area (Å²) in [6, 6.07) is 32.6. The van der Waals surface area contributed by atoms with Crippen LogP contribution in [0.5, 0.6) is 17.2 Å². The van der Waals surface area contributed by atoms with Gasteiger partial charge in [0.25, 0.3) is 0 Å². The first-order valence-corrected chi connectivity index (χ1v) is 14.1. The number of benzene rings is 5. The van der Waals surface area contributed by atoms with Crippen LogP contribution in [0.3, 0.4) is 0 Å². The number of pyridine rings is 1. The second-order valence-electron chi connectivity index (χ2n) is 10.9. The van der Waals surface area contributed by atoms with E-state index < -0.39 is 0 Å². The third kappa shape index (κ3) is 4.53.